The number of benzene rings is 1. The van der Waals surface area contributed by atoms with Crippen LogP contribution in [0.25, 0.3) is 0 Å². The molecule has 1 nitrogen and oxygen atoms in total. The summed E-state index contributed by atoms with van der Waals surface area (Å²) in [4.78, 5) is 0. The second kappa shape index (κ2) is 4.21. The lowest BCUT2D eigenvalue weighted by Gasteiger charge is -2.18. The third kappa shape index (κ3) is 2.01. The van der Waals surface area contributed by atoms with Crippen molar-refractivity contribution >= 4 is 0 Å². The van der Waals surface area contributed by atoms with Crippen molar-refractivity contribution in [2.45, 2.75) is 57.9 Å². The van der Waals surface area contributed by atoms with Gasteiger partial charge in [0.1, 0.15) is 0 Å². The van der Waals surface area contributed by atoms with E-state index in [4.69, 9.17) is 5.73 Å². The Balaban J connectivity index is 2.29. The molecule has 0 spiro atoms. The summed E-state index contributed by atoms with van der Waals surface area (Å²) in [5.41, 5.74) is 10.8. The summed E-state index contributed by atoms with van der Waals surface area (Å²) in [7, 11) is 0. The summed E-state index contributed by atoms with van der Waals surface area (Å²) < 4.78 is 0. The Morgan fingerprint density at radius 2 is 2.12 bits per heavy atom. The van der Waals surface area contributed by atoms with E-state index in [9.17, 15) is 0 Å². The van der Waals surface area contributed by atoms with Gasteiger partial charge in [-0.25, -0.2) is 0 Å². The molecule has 1 aromatic carbocycles. The van der Waals surface area contributed by atoms with Crippen molar-refractivity contribution < 1.29 is 0 Å². The van der Waals surface area contributed by atoms with Crippen LogP contribution in [0.4, 0.5) is 0 Å². The highest BCUT2D eigenvalue weighted by Crippen LogP contribution is 2.43. The molecule has 1 aromatic rings. The van der Waals surface area contributed by atoms with E-state index in [1.807, 2.05) is 0 Å². The Hall–Kier alpha value is -0.820. The van der Waals surface area contributed by atoms with E-state index >= 15 is 0 Å². The van der Waals surface area contributed by atoms with Gasteiger partial charge in [-0.3, -0.25) is 0 Å². The van der Waals surface area contributed by atoms with Crippen LogP contribution < -0.4 is 5.73 Å². The minimum Gasteiger partial charge on any atom is -0.324 e. The molecule has 0 bridgehead atoms. The van der Waals surface area contributed by atoms with Gasteiger partial charge in [0.05, 0.1) is 0 Å². The minimum atomic E-state index is 0.242. The zero-order valence-electron chi connectivity index (χ0n) is 10.7. The Morgan fingerprint density at radius 1 is 1.38 bits per heavy atom. The molecule has 0 amide bonds. The third-order valence-corrected chi connectivity index (χ3v) is 3.79. The molecule has 16 heavy (non-hydrogen) atoms. The number of aryl methyl sites for hydroxylation is 1. The summed E-state index contributed by atoms with van der Waals surface area (Å²) in [5, 5.41) is 0. The second-order valence-electron chi connectivity index (χ2n) is 5.72. The molecule has 0 radical (unpaired) electrons. The van der Waals surface area contributed by atoms with Crippen LogP contribution in [0, 0.1) is 0 Å². The Morgan fingerprint density at radius 3 is 2.81 bits per heavy atom. The second-order valence-corrected chi connectivity index (χ2v) is 5.72. The Labute approximate surface area is 99.0 Å². The topological polar surface area (TPSA) is 26.0 Å². The molecule has 1 atom stereocenters. The summed E-state index contributed by atoms with van der Waals surface area (Å²) in [6.07, 6.45) is 4.81. The molecule has 0 heterocycles. The molecule has 1 aliphatic carbocycles. The fraction of sp³-hybridized carbons (Fsp3) is 0.600. The standard InChI is InChI=1S/C15H23N/c1-4-5-6-11-7-8-13-12(9-11)14(16)10-15(13,2)3/h7-9,14H,4-6,10,16H2,1-3H3/t14-/m0/s1. The number of nitrogens with two attached hydrogens (primary N) is 1. The van der Waals surface area contributed by atoms with Gasteiger partial charge >= 0.3 is 0 Å². The first kappa shape index (κ1) is 11.7. The maximum Gasteiger partial charge on any atom is 0.0306 e. The van der Waals surface area contributed by atoms with Gasteiger partial charge in [-0.2, -0.15) is 0 Å². The number of hydrogen-bond acceptors (Lipinski definition) is 1. The number of hydrogen-bond donors (Lipinski definition) is 1. The van der Waals surface area contributed by atoms with Crippen molar-refractivity contribution in [1.29, 1.82) is 0 Å². The van der Waals surface area contributed by atoms with Crippen LogP contribution >= 0.6 is 0 Å². The van der Waals surface area contributed by atoms with Gasteiger partial charge in [0, 0.05) is 6.04 Å². The normalized spacial score (nSPS) is 22.1. The minimum absolute atomic E-state index is 0.242. The molecular weight excluding hydrogens is 194 g/mol. The maximum atomic E-state index is 6.22. The number of fused-ring (bicyclic) bond motifs is 1. The van der Waals surface area contributed by atoms with Crippen molar-refractivity contribution in [3.05, 3.63) is 34.9 Å². The smallest absolute Gasteiger partial charge is 0.0306 e. The van der Waals surface area contributed by atoms with E-state index in [2.05, 4.69) is 39.0 Å². The van der Waals surface area contributed by atoms with Crippen molar-refractivity contribution in [2.75, 3.05) is 0 Å². The Kier molecular flexibility index (Phi) is 3.07. The van der Waals surface area contributed by atoms with E-state index in [1.54, 1.807) is 0 Å². The lowest BCUT2D eigenvalue weighted by atomic mass is 9.86. The van der Waals surface area contributed by atoms with E-state index in [0.29, 0.717) is 0 Å². The van der Waals surface area contributed by atoms with Gasteiger partial charge < -0.3 is 5.73 Å². The lowest BCUT2D eigenvalue weighted by molar-refractivity contribution is 0.481. The van der Waals surface area contributed by atoms with Crippen LogP contribution in [0.1, 0.15) is 62.8 Å². The third-order valence-electron chi connectivity index (χ3n) is 3.79. The zero-order valence-corrected chi connectivity index (χ0v) is 10.7. The van der Waals surface area contributed by atoms with Gasteiger partial charge in [-0.15, -0.1) is 0 Å². The predicted molar refractivity (Wildman–Crippen MR) is 69.6 cm³/mol. The van der Waals surface area contributed by atoms with Crippen LogP contribution in [0.3, 0.4) is 0 Å². The first-order chi connectivity index (χ1) is 7.54. The predicted octanol–water partition coefficient (Wildman–Crippen LogP) is 3.71. The van der Waals surface area contributed by atoms with Crippen molar-refractivity contribution in [3.8, 4) is 0 Å². The largest absolute Gasteiger partial charge is 0.324 e. The van der Waals surface area contributed by atoms with Crippen LogP contribution in [0.15, 0.2) is 18.2 Å². The molecule has 1 aliphatic rings. The van der Waals surface area contributed by atoms with Crippen molar-refractivity contribution in [2.24, 2.45) is 5.73 Å². The van der Waals surface area contributed by atoms with Crippen molar-refractivity contribution in [3.63, 3.8) is 0 Å². The molecule has 0 unspecified atom stereocenters. The van der Waals surface area contributed by atoms with Crippen LogP contribution in [0.5, 0.6) is 0 Å². The van der Waals surface area contributed by atoms with Crippen LogP contribution in [-0.2, 0) is 11.8 Å². The highest BCUT2D eigenvalue weighted by molar-refractivity contribution is 5.43. The Bertz CT molecular complexity index is 379. The SMILES string of the molecule is CCCCc1ccc2c(c1)[C@@H](N)CC2(C)C. The lowest BCUT2D eigenvalue weighted by Crippen LogP contribution is -2.14. The molecule has 88 valence electrons. The van der Waals surface area contributed by atoms with Crippen LogP contribution in [0.2, 0.25) is 0 Å². The van der Waals surface area contributed by atoms with Crippen LogP contribution in [-0.4, -0.2) is 0 Å². The molecule has 0 aromatic heterocycles. The van der Waals surface area contributed by atoms with Gasteiger partial charge in [-0.05, 0) is 41.4 Å². The molecule has 0 fully saturated rings. The quantitative estimate of drug-likeness (QED) is 0.820. The fourth-order valence-corrected chi connectivity index (χ4v) is 2.84. The summed E-state index contributed by atoms with van der Waals surface area (Å²) in [6, 6.07) is 7.16. The van der Waals surface area contributed by atoms with E-state index in [-0.39, 0.29) is 11.5 Å². The molecular formula is C15H23N. The van der Waals surface area contributed by atoms with Crippen molar-refractivity contribution in [1.82, 2.24) is 0 Å². The molecule has 0 saturated heterocycles. The first-order valence-corrected chi connectivity index (χ1v) is 6.43. The molecule has 0 aliphatic heterocycles. The maximum absolute atomic E-state index is 6.22. The average molecular weight is 217 g/mol. The van der Waals surface area contributed by atoms with E-state index in [0.717, 1.165) is 6.42 Å². The number of rotatable bonds is 3. The van der Waals surface area contributed by atoms with Gasteiger partial charge in [0.15, 0.2) is 0 Å². The number of unbranched alkanes of at least 4 members (excludes halogenated alkanes) is 1. The monoisotopic (exact) mass is 217 g/mol. The highest BCUT2D eigenvalue weighted by Gasteiger charge is 2.34. The molecule has 2 N–H and O–H groups in total. The molecule has 2 rings (SSSR count). The first-order valence-electron chi connectivity index (χ1n) is 6.43. The van der Waals surface area contributed by atoms with E-state index < -0.39 is 0 Å². The summed E-state index contributed by atoms with van der Waals surface area (Å²) in [5.74, 6) is 0. The highest BCUT2D eigenvalue weighted by atomic mass is 14.7. The fourth-order valence-electron chi connectivity index (χ4n) is 2.84. The van der Waals surface area contributed by atoms with Gasteiger partial charge in [-0.1, -0.05) is 45.4 Å². The van der Waals surface area contributed by atoms with Gasteiger partial charge in [0.2, 0.25) is 0 Å². The van der Waals surface area contributed by atoms with Gasteiger partial charge in [0.25, 0.3) is 0 Å². The van der Waals surface area contributed by atoms with E-state index in [1.165, 1.54) is 36.0 Å². The average Bonchev–Trinajstić information content (AvgIpc) is 2.46. The zero-order chi connectivity index (χ0) is 11.8. The summed E-state index contributed by atoms with van der Waals surface area (Å²) >= 11 is 0. The molecule has 0 saturated carbocycles. The summed E-state index contributed by atoms with van der Waals surface area (Å²) in [6.45, 7) is 6.83. The molecule has 1 heteroatoms.